The monoisotopic (exact) mass is 273 g/mol. The number of amides is 2. The van der Waals surface area contributed by atoms with Crippen molar-refractivity contribution in [3.8, 4) is 11.8 Å². The first kappa shape index (κ1) is 15.7. The molecule has 2 amide bonds. The van der Waals surface area contributed by atoms with E-state index in [2.05, 4.69) is 17.2 Å². The van der Waals surface area contributed by atoms with Crippen LogP contribution in [0.15, 0.2) is 18.2 Å². The SMILES string of the molecule is Cc1ccc(C(=O)NC(C)CC(N)=O)cc1C#CCN. The van der Waals surface area contributed by atoms with Crippen molar-refractivity contribution in [3.63, 3.8) is 0 Å². The molecule has 5 nitrogen and oxygen atoms in total. The van der Waals surface area contributed by atoms with Gasteiger partial charge in [0.2, 0.25) is 5.91 Å². The first-order valence-corrected chi connectivity index (χ1v) is 6.32. The van der Waals surface area contributed by atoms with Gasteiger partial charge in [-0.05, 0) is 31.5 Å². The number of carbonyl (C=O) groups is 2. The molecule has 1 unspecified atom stereocenters. The van der Waals surface area contributed by atoms with Crippen LogP contribution in [0.4, 0.5) is 0 Å². The molecule has 0 aliphatic carbocycles. The maximum Gasteiger partial charge on any atom is 0.251 e. The molecule has 20 heavy (non-hydrogen) atoms. The Morgan fingerprint density at radius 2 is 2.10 bits per heavy atom. The molecule has 0 saturated heterocycles. The van der Waals surface area contributed by atoms with E-state index in [1.807, 2.05) is 13.0 Å². The van der Waals surface area contributed by atoms with Crippen molar-refractivity contribution in [3.05, 3.63) is 34.9 Å². The van der Waals surface area contributed by atoms with Crippen molar-refractivity contribution in [2.75, 3.05) is 6.54 Å². The van der Waals surface area contributed by atoms with Crippen LogP contribution >= 0.6 is 0 Å². The highest BCUT2D eigenvalue weighted by molar-refractivity contribution is 5.95. The molecule has 0 fully saturated rings. The third-order valence-electron chi connectivity index (χ3n) is 2.71. The van der Waals surface area contributed by atoms with Crippen LogP contribution < -0.4 is 16.8 Å². The average molecular weight is 273 g/mol. The summed E-state index contributed by atoms with van der Waals surface area (Å²) in [6.45, 7) is 3.91. The summed E-state index contributed by atoms with van der Waals surface area (Å²) in [4.78, 5) is 22.8. The minimum atomic E-state index is -0.448. The first-order valence-electron chi connectivity index (χ1n) is 6.32. The molecule has 0 aliphatic heterocycles. The maximum absolute atomic E-state index is 12.0. The van der Waals surface area contributed by atoms with Crippen LogP contribution in [0.3, 0.4) is 0 Å². The van der Waals surface area contributed by atoms with Gasteiger partial charge in [-0.1, -0.05) is 17.9 Å². The van der Waals surface area contributed by atoms with Gasteiger partial charge < -0.3 is 16.8 Å². The van der Waals surface area contributed by atoms with E-state index in [-0.39, 0.29) is 24.9 Å². The zero-order chi connectivity index (χ0) is 15.1. The zero-order valence-electron chi connectivity index (χ0n) is 11.7. The Morgan fingerprint density at radius 3 is 2.70 bits per heavy atom. The molecule has 1 atom stereocenters. The molecule has 0 heterocycles. The van der Waals surface area contributed by atoms with Crippen LogP contribution in [0.25, 0.3) is 0 Å². The third kappa shape index (κ3) is 4.75. The van der Waals surface area contributed by atoms with Crippen LogP contribution in [0.2, 0.25) is 0 Å². The van der Waals surface area contributed by atoms with Crippen molar-refractivity contribution >= 4 is 11.8 Å². The summed E-state index contributed by atoms with van der Waals surface area (Å²) in [5.41, 5.74) is 12.7. The molecule has 0 radical (unpaired) electrons. The van der Waals surface area contributed by atoms with Crippen LogP contribution in [0, 0.1) is 18.8 Å². The number of benzene rings is 1. The van der Waals surface area contributed by atoms with Crippen molar-refractivity contribution in [1.29, 1.82) is 0 Å². The highest BCUT2D eigenvalue weighted by Crippen LogP contribution is 2.10. The van der Waals surface area contributed by atoms with Gasteiger partial charge in [-0.2, -0.15) is 0 Å². The topological polar surface area (TPSA) is 98.2 Å². The van der Waals surface area contributed by atoms with Crippen molar-refractivity contribution in [2.45, 2.75) is 26.3 Å². The van der Waals surface area contributed by atoms with E-state index in [1.54, 1.807) is 19.1 Å². The second kappa shape index (κ2) is 7.31. The summed E-state index contributed by atoms with van der Waals surface area (Å²) in [5.74, 6) is 4.98. The highest BCUT2D eigenvalue weighted by Gasteiger charge is 2.12. The van der Waals surface area contributed by atoms with E-state index in [0.29, 0.717) is 5.56 Å². The van der Waals surface area contributed by atoms with Gasteiger partial charge in [-0.15, -0.1) is 0 Å². The van der Waals surface area contributed by atoms with Crippen molar-refractivity contribution < 1.29 is 9.59 Å². The fourth-order valence-corrected chi connectivity index (χ4v) is 1.70. The molecular formula is C15H19N3O2. The molecule has 1 rings (SSSR count). The van der Waals surface area contributed by atoms with E-state index < -0.39 is 5.91 Å². The van der Waals surface area contributed by atoms with Gasteiger partial charge in [0.15, 0.2) is 0 Å². The summed E-state index contributed by atoms with van der Waals surface area (Å²) in [5, 5.41) is 2.72. The minimum Gasteiger partial charge on any atom is -0.370 e. The Labute approximate surface area is 118 Å². The molecule has 1 aromatic carbocycles. The smallest absolute Gasteiger partial charge is 0.251 e. The number of hydrogen-bond donors (Lipinski definition) is 3. The summed E-state index contributed by atoms with van der Waals surface area (Å²) in [7, 11) is 0. The van der Waals surface area contributed by atoms with Crippen molar-refractivity contribution in [2.24, 2.45) is 11.5 Å². The second-order valence-electron chi connectivity index (χ2n) is 4.58. The highest BCUT2D eigenvalue weighted by atomic mass is 16.2. The average Bonchev–Trinajstić information content (AvgIpc) is 2.36. The summed E-state index contributed by atoms with van der Waals surface area (Å²) < 4.78 is 0. The molecule has 5 N–H and O–H groups in total. The Hall–Kier alpha value is -2.32. The van der Waals surface area contributed by atoms with Gasteiger partial charge in [0, 0.05) is 23.6 Å². The lowest BCUT2D eigenvalue weighted by atomic mass is 10.0. The molecule has 0 bridgehead atoms. The van der Waals surface area contributed by atoms with Gasteiger partial charge in [0.25, 0.3) is 5.91 Å². The fraction of sp³-hybridized carbons (Fsp3) is 0.333. The van der Waals surface area contributed by atoms with Gasteiger partial charge >= 0.3 is 0 Å². The molecule has 1 aromatic rings. The maximum atomic E-state index is 12.0. The molecule has 0 aliphatic rings. The normalized spacial score (nSPS) is 11.2. The predicted octanol–water partition coefficient (Wildman–Crippen LogP) is 0.299. The molecule has 5 heteroatoms. The lowest BCUT2D eigenvalue weighted by Gasteiger charge is -2.12. The predicted molar refractivity (Wildman–Crippen MR) is 77.9 cm³/mol. The Bertz CT molecular complexity index is 570. The third-order valence-corrected chi connectivity index (χ3v) is 2.71. The second-order valence-corrected chi connectivity index (χ2v) is 4.58. The quantitative estimate of drug-likeness (QED) is 0.688. The molecular weight excluding hydrogens is 254 g/mol. The largest absolute Gasteiger partial charge is 0.370 e. The molecule has 0 saturated carbocycles. The number of nitrogens with two attached hydrogens (primary N) is 2. The van der Waals surface area contributed by atoms with E-state index in [9.17, 15) is 9.59 Å². The first-order chi connectivity index (χ1) is 9.43. The number of nitrogens with one attached hydrogen (secondary N) is 1. The Kier molecular flexibility index (Phi) is 5.75. The number of carbonyl (C=O) groups excluding carboxylic acids is 2. The van der Waals surface area contributed by atoms with Crippen LogP contribution in [0.5, 0.6) is 0 Å². The van der Waals surface area contributed by atoms with Gasteiger partial charge in [-0.3, -0.25) is 9.59 Å². The summed E-state index contributed by atoms with van der Waals surface area (Å²) in [6, 6.07) is 4.95. The number of rotatable bonds is 4. The number of aryl methyl sites for hydroxylation is 1. The standard InChI is InChI=1S/C15H19N3O2/c1-10-5-6-13(9-12(10)4-3-7-16)15(20)18-11(2)8-14(17)19/h5-6,9,11H,7-8,16H2,1-2H3,(H2,17,19)(H,18,20). The van der Waals surface area contributed by atoms with E-state index in [0.717, 1.165) is 11.1 Å². The Balaban J connectivity index is 2.86. The Morgan fingerprint density at radius 1 is 1.40 bits per heavy atom. The van der Waals surface area contributed by atoms with Crippen LogP contribution in [-0.4, -0.2) is 24.4 Å². The zero-order valence-corrected chi connectivity index (χ0v) is 11.7. The lowest BCUT2D eigenvalue weighted by Crippen LogP contribution is -2.35. The van der Waals surface area contributed by atoms with Gasteiger partial charge in [-0.25, -0.2) is 0 Å². The van der Waals surface area contributed by atoms with Gasteiger partial charge in [0.05, 0.1) is 6.54 Å². The van der Waals surface area contributed by atoms with E-state index in [1.165, 1.54) is 0 Å². The van der Waals surface area contributed by atoms with Crippen LogP contribution in [-0.2, 0) is 4.79 Å². The number of hydrogen-bond acceptors (Lipinski definition) is 3. The minimum absolute atomic E-state index is 0.109. The summed E-state index contributed by atoms with van der Waals surface area (Å²) >= 11 is 0. The summed E-state index contributed by atoms with van der Waals surface area (Å²) in [6.07, 6.45) is 0.109. The van der Waals surface area contributed by atoms with Gasteiger partial charge in [0.1, 0.15) is 0 Å². The fourth-order valence-electron chi connectivity index (χ4n) is 1.70. The van der Waals surface area contributed by atoms with E-state index in [4.69, 9.17) is 11.5 Å². The molecule has 0 aromatic heterocycles. The molecule has 0 spiro atoms. The lowest BCUT2D eigenvalue weighted by molar-refractivity contribution is -0.118. The number of primary amides is 1. The van der Waals surface area contributed by atoms with E-state index >= 15 is 0 Å². The van der Waals surface area contributed by atoms with Crippen LogP contribution in [0.1, 0.15) is 34.8 Å². The van der Waals surface area contributed by atoms with Crippen molar-refractivity contribution in [1.82, 2.24) is 5.32 Å². The molecule has 106 valence electrons.